The number of urea groups is 1. The molecule has 1 aliphatic rings. The van der Waals surface area contributed by atoms with Gasteiger partial charge in [0.25, 0.3) is 15.9 Å². The van der Waals surface area contributed by atoms with E-state index < -0.39 is 33.9 Å². The van der Waals surface area contributed by atoms with Crippen molar-refractivity contribution in [2.75, 3.05) is 0 Å². The van der Waals surface area contributed by atoms with Gasteiger partial charge in [-0.2, -0.15) is 0 Å². The molecule has 0 unspecified atom stereocenters. The molecule has 0 saturated carbocycles. The zero-order valence-corrected chi connectivity index (χ0v) is 14.0. The predicted molar refractivity (Wildman–Crippen MR) is 82.3 cm³/mol. The van der Waals surface area contributed by atoms with E-state index in [2.05, 4.69) is 26.7 Å². The van der Waals surface area contributed by atoms with Crippen molar-refractivity contribution in [2.45, 2.75) is 23.8 Å². The topological polar surface area (TPSA) is 133 Å². The number of carbonyl (C=O) groups is 3. The molecule has 124 valence electrons. The lowest BCUT2D eigenvalue weighted by molar-refractivity contribution is -0.122. The molecule has 0 aromatic heterocycles. The van der Waals surface area contributed by atoms with Gasteiger partial charge in [0.1, 0.15) is 6.04 Å². The van der Waals surface area contributed by atoms with Gasteiger partial charge in [-0.05, 0) is 30.7 Å². The van der Waals surface area contributed by atoms with Gasteiger partial charge in [-0.3, -0.25) is 20.3 Å². The van der Waals surface area contributed by atoms with Crippen molar-refractivity contribution >= 4 is 43.8 Å². The molecule has 1 atom stereocenters. The van der Waals surface area contributed by atoms with E-state index in [9.17, 15) is 22.8 Å². The highest BCUT2D eigenvalue weighted by Gasteiger charge is 2.29. The van der Waals surface area contributed by atoms with E-state index in [4.69, 9.17) is 0 Å². The average molecular weight is 405 g/mol. The number of carbonyl (C=O) groups excluding carboxylic acids is 3. The molecule has 1 saturated heterocycles. The number of benzene rings is 1. The molecular formula is C12H13BrN4O5S. The molecular weight excluding hydrogens is 392 g/mol. The molecule has 1 fully saturated rings. The van der Waals surface area contributed by atoms with Crippen LogP contribution in [0.5, 0.6) is 0 Å². The van der Waals surface area contributed by atoms with Gasteiger partial charge >= 0.3 is 6.03 Å². The van der Waals surface area contributed by atoms with Crippen LogP contribution in [0.25, 0.3) is 0 Å². The Balaban J connectivity index is 1.83. The van der Waals surface area contributed by atoms with E-state index in [1.54, 1.807) is 12.1 Å². The monoisotopic (exact) mass is 404 g/mol. The van der Waals surface area contributed by atoms with Crippen molar-refractivity contribution < 1.29 is 22.8 Å². The van der Waals surface area contributed by atoms with Crippen molar-refractivity contribution in [1.29, 1.82) is 0 Å². The number of amides is 4. The smallest absolute Gasteiger partial charge is 0.322 e. The van der Waals surface area contributed by atoms with Crippen molar-refractivity contribution in [3.05, 3.63) is 28.7 Å². The first kappa shape index (κ1) is 17.4. The van der Waals surface area contributed by atoms with Crippen LogP contribution in [0.2, 0.25) is 0 Å². The molecule has 23 heavy (non-hydrogen) atoms. The van der Waals surface area contributed by atoms with Crippen molar-refractivity contribution in [1.82, 2.24) is 20.9 Å². The Morgan fingerprint density at radius 2 is 1.87 bits per heavy atom. The molecule has 1 aliphatic heterocycles. The summed E-state index contributed by atoms with van der Waals surface area (Å²) in [4.78, 5) is 35.8. The van der Waals surface area contributed by atoms with Gasteiger partial charge in [-0.25, -0.2) is 13.2 Å². The second kappa shape index (κ2) is 7.06. The molecule has 2 rings (SSSR count). The Labute approximate surface area is 140 Å². The second-order valence-electron chi connectivity index (χ2n) is 4.66. The minimum Gasteiger partial charge on any atom is -0.326 e. The zero-order valence-electron chi connectivity index (χ0n) is 11.6. The third-order valence-electron chi connectivity index (χ3n) is 2.97. The van der Waals surface area contributed by atoms with Crippen LogP contribution in [0.1, 0.15) is 12.8 Å². The van der Waals surface area contributed by atoms with Crippen LogP contribution in [0.4, 0.5) is 4.79 Å². The number of rotatable bonds is 6. The number of imide groups is 1. The fraction of sp³-hybridized carbons (Fsp3) is 0.250. The standard InChI is InChI=1S/C12H13BrN4O5S/c13-7-1-3-8(4-2-7)23(21,22)17-16-10(18)6-5-9-11(19)15-12(20)14-9/h1-4,9,17H,5-6H2,(H,16,18)(H2,14,15,19,20)/t9-/m1/s1. The number of hydrogen-bond acceptors (Lipinski definition) is 5. The molecule has 0 aliphatic carbocycles. The van der Waals surface area contributed by atoms with Gasteiger partial charge in [0.05, 0.1) is 4.90 Å². The first-order valence-corrected chi connectivity index (χ1v) is 8.73. The minimum atomic E-state index is -3.88. The van der Waals surface area contributed by atoms with E-state index in [0.717, 1.165) is 4.47 Å². The van der Waals surface area contributed by atoms with Crippen LogP contribution in [0.15, 0.2) is 33.6 Å². The largest absolute Gasteiger partial charge is 0.326 e. The van der Waals surface area contributed by atoms with Crippen LogP contribution in [0.3, 0.4) is 0 Å². The number of sulfonamides is 1. The maximum atomic E-state index is 11.9. The van der Waals surface area contributed by atoms with Crippen molar-refractivity contribution in [3.8, 4) is 0 Å². The number of hydrogen-bond donors (Lipinski definition) is 4. The first-order chi connectivity index (χ1) is 10.8. The quantitative estimate of drug-likeness (QED) is 0.383. The molecule has 0 bridgehead atoms. The maximum Gasteiger partial charge on any atom is 0.322 e. The summed E-state index contributed by atoms with van der Waals surface area (Å²) in [6, 6.07) is 4.44. The molecule has 4 N–H and O–H groups in total. The molecule has 1 aromatic carbocycles. The Kier molecular flexibility index (Phi) is 5.34. The summed E-state index contributed by atoms with van der Waals surface area (Å²) >= 11 is 3.19. The molecule has 9 nitrogen and oxygen atoms in total. The van der Waals surface area contributed by atoms with Crippen LogP contribution in [-0.2, 0) is 19.6 Å². The van der Waals surface area contributed by atoms with E-state index in [1.807, 2.05) is 10.1 Å². The lowest BCUT2D eigenvalue weighted by atomic mass is 10.1. The Morgan fingerprint density at radius 3 is 2.43 bits per heavy atom. The SMILES string of the molecule is O=C(CC[C@H]1NC(=O)NC1=O)NNS(=O)(=O)c1ccc(Br)cc1. The maximum absolute atomic E-state index is 11.9. The average Bonchev–Trinajstić information content (AvgIpc) is 2.81. The summed E-state index contributed by atoms with van der Waals surface area (Å²) in [5, 5.41) is 4.38. The second-order valence-corrected chi connectivity index (χ2v) is 7.26. The highest BCUT2D eigenvalue weighted by atomic mass is 79.9. The van der Waals surface area contributed by atoms with E-state index in [-0.39, 0.29) is 17.7 Å². The Bertz CT molecular complexity index is 734. The minimum absolute atomic E-state index is 0.0107. The molecule has 4 amide bonds. The summed E-state index contributed by atoms with van der Waals surface area (Å²) < 4.78 is 24.6. The van der Waals surface area contributed by atoms with Gasteiger partial charge in [0.15, 0.2) is 0 Å². The predicted octanol–water partition coefficient (Wildman–Crippen LogP) is -0.253. The van der Waals surface area contributed by atoms with E-state index in [0.29, 0.717) is 0 Å². The molecule has 0 radical (unpaired) electrons. The number of halogens is 1. The lowest BCUT2D eigenvalue weighted by Crippen LogP contribution is -2.42. The van der Waals surface area contributed by atoms with Gasteiger partial charge in [0.2, 0.25) is 5.91 Å². The fourth-order valence-corrected chi connectivity index (χ4v) is 2.92. The third kappa shape index (κ3) is 4.74. The summed E-state index contributed by atoms with van der Waals surface area (Å²) in [7, 11) is -3.88. The Hall–Kier alpha value is -1.98. The first-order valence-electron chi connectivity index (χ1n) is 6.45. The molecule has 11 heteroatoms. The fourth-order valence-electron chi connectivity index (χ4n) is 1.80. The van der Waals surface area contributed by atoms with Gasteiger partial charge in [0, 0.05) is 10.9 Å². The highest BCUT2D eigenvalue weighted by Crippen LogP contribution is 2.14. The summed E-state index contributed by atoms with van der Waals surface area (Å²) in [6.07, 6.45) is -0.0787. The summed E-state index contributed by atoms with van der Waals surface area (Å²) in [5.74, 6) is -1.14. The van der Waals surface area contributed by atoms with Gasteiger partial charge < -0.3 is 5.32 Å². The third-order valence-corrected chi connectivity index (χ3v) is 4.76. The highest BCUT2D eigenvalue weighted by molar-refractivity contribution is 9.10. The molecule has 1 aromatic rings. The van der Waals surface area contributed by atoms with Crippen LogP contribution in [0, 0.1) is 0 Å². The lowest BCUT2D eigenvalue weighted by Gasteiger charge is -2.10. The van der Waals surface area contributed by atoms with Crippen LogP contribution < -0.4 is 20.9 Å². The van der Waals surface area contributed by atoms with Gasteiger partial charge in [-0.15, -0.1) is 4.83 Å². The summed E-state index contributed by atoms with van der Waals surface area (Å²) in [5.41, 5.74) is 2.05. The van der Waals surface area contributed by atoms with E-state index >= 15 is 0 Å². The number of hydrazine groups is 1. The van der Waals surface area contributed by atoms with Crippen LogP contribution >= 0.6 is 15.9 Å². The van der Waals surface area contributed by atoms with E-state index in [1.165, 1.54) is 12.1 Å². The Morgan fingerprint density at radius 1 is 1.22 bits per heavy atom. The van der Waals surface area contributed by atoms with Gasteiger partial charge in [-0.1, -0.05) is 15.9 Å². The van der Waals surface area contributed by atoms with Crippen molar-refractivity contribution in [2.24, 2.45) is 0 Å². The number of nitrogens with one attached hydrogen (secondary N) is 4. The molecule has 1 heterocycles. The normalized spacial score (nSPS) is 17.5. The summed E-state index contributed by atoms with van der Waals surface area (Å²) in [6.45, 7) is 0. The molecule has 0 spiro atoms. The zero-order chi connectivity index (χ0) is 17.0. The van der Waals surface area contributed by atoms with Crippen molar-refractivity contribution in [3.63, 3.8) is 0 Å². The van der Waals surface area contributed by atoms with Crippen LogP contribution in [-0.4, -0.2) is 32.3 Å².